The predicted molar refractivity (Wildman–Crippen MR) is 157 cm³/mol. The second kappa shape index (κ2) is 12.0. The topological polar surface area (TPSA) is 105 Å². The first kappa shape index (κ1) is 29.6. The SMILES string of the molecule is Cc1cccc(C)c1-c1cc(O[C@H]2CN(C)CCN(CC(C)(C)C)C2)nc(NS(=O)(=O)c2cccc(C=O)c2)n1. The monoisotopic (exact) mass is 565 g/mol. The lowest BCUT2D eigenvalue weighted by Crippen LogP contribution is -2.40. The van der Waals surface area contributed by atoms with Crippen molar-refractivity contribution in [2.24, 2.45) is 5.41 Å². The highest BCUT2D eigenvalue weighted by molar-refractivity contribution is 7.92. The van der Waals surface area contributed by atoms with E-state index in [1.807, 2.05) is 32.0 Å². The molecule has 0 aliphatic carbocycles. The Morgan fingerprint density at radius 3 is 2.40 bits per heavy atom. The molecule has 9 nitrogen and oxygen atoms in total. The Bertz CT molecular complexity index is 1450. The standard InChI is InChI=1S/C30H39N5O4S/c1-21-9-7-10-22(2)28(21)26-16-27(39-24-17-34(6)13-14-35(18-24)20-30(3,4)5)32-29(31-26)33-40(37,38)25-12-8-11-23(15-25)19-36/h7-12,15-16,19,24H,13-14,17-18,20H2,1-6H3,(H,31,32,33)/t24-/m0/s1. The third-order valence-electron chi connectivity index (χ3n) is 6.73. The summed E-state index contributed by atoms with van der Waals surface area (Å²) in [5, 5.41) is 0. The number of nitrogens with one attached hydrogen (secondary N) is 1. The minimum Gasteiger partial charge on any atom is -0.471 e. The largest absolute Gasteiger partial charge is 0.471 e. The number of ether oxygens (including phenoxy) is 1. The number of hydrogen-bond acceptors (Lipinski definition) is 8. The number of aromatic nitrogens is 2. The molecule has 0 saturated carbocycles. The molecule has 4 rings (SSSR count). The van der Waals surface area contributed by atoms with Crippen molar-refractivity contribution >= 4 is 22.3 Å². The molecule has 1 saturated heterocycles. The fraction of sp³-hybridized carbons (Fsp3) is 0.433. The molecule has 2 aromatic carbocycles. The minimum atomic E-state index is -4.06. The van der Waals surface area contributed by atoms with Crippen molar-refractivity contribution in [3.63, 3.8) is 0 Å². The molecule has 0 amide bonds. The number of nitrogens with zero attached hydrogens (tertiary/aromatic N) is 4. The van der Waals surface area contributed by atoms with E-state index in [-0.39, 0.29) is 27.9 Å². The molecule has 214 valence electrons. The molecule has 1 aromatic heterocycles. The van der Waals surface area contributed by atoms with Crippen LogP contribution >= 0.6 is 0 Å². The zero-order valence-electron chi connectivity index (χ0n) is 24.1. The zero-order valence-corrected chi connectivity index (χ0v) is 25.0. The predicted octanol–water partition coefficient (Wildman–Crippen LogP) is 4.41. The fourth-order valence-electron chi connectivity index (χ4n) is 5.06. The van der Waals surface area contributed by atoms with Gasteiger partial charge in [-0.05, 0) is 49.6 Å². The lowest BCUT2D eigenvalue weighted by molar-refractivity contribution is 0.112. The highest BCUT2D eigenvalue weighted by atomic mass is 32.2. The molecule has 40 heavy (non-hydrogen) atoms. The highest BCUT2D eigenvalue weighted by Gasteiger charge is 2.27. The molecule has 3 aromatic rings. The van der Waals surface area contributed by atoms with Crippen molar-refractivity contribution in [2.75, 3.05) is 44.5 Å². The number of benzene rings is 2. The summed E-state index contributed by atoms with van der Waals surface area (Å²) in [5.41, 5.74) is 3.86. The third-order valence-corrected chi connectivity index (χ3v) is 8.06. The van der Waals surface area contributed by atoms with Crippen LogP contribution in [0.2, 0.25) is 0 Å². The first-order valence-corrected chi connectivity index (χ1v) is 14.9. The van der Waals surface area contributed by atoms with E-state index < -0.39 is 10.0 Å². The van der Waals surface area contributed by atoms with Gasteiger partial charge in [0.25, 0.3) is 10.0 Å². The van der Waals surface area contributed by atoms with Crippen LogP contribution in [0.25, 0.3) is 11.3 Å². The molecule has 0 bridgehead atoms. The molecular formula is C30H39N5O4S. The van der Waals surface area contributed by atoms with Gasteiger partial charge in [0.05, 0.1) is 10.6 Å². The van der Waals surface area contributed by atoms with Crippen LogP contribution in [-0.4, -0.2) is 80.3 Å². The van der Waals surface area contributed by atoms with Gasteiger partial charge in [-0.25, -0.2) is 18.1 Å². The Morgan fingerprint density at radius 1 is 1.02 bits per heavy atom. The van der Waals surface area contributed by atoms with Crippen LogP contribution in [0.15, 0.2) is 53.4 Å². The Balaban J connectivity index is 1.72. The lowest BCUT2D eigenvalue weighted by atomic mass is 9.96. The summed E-state index contributed by atoms with van der Waals surface area (Å²) in [6, 6.07) is 13.5. The third kappa shape index (κ3) is 7.65. The van der Waals surface area contributed by atoms with Crippen LogP contribution in [0.1, 0.15) is 42.3 Å². The number of likely N-dealkylation sites (N-methyl/N-ethyl adjacent to an activating group) is 1. The number of hydrogen-bond donors (Lipinski definition) is 1. The van der Waals surface area contributed by atoms with Crippen molar-refractivity contribution in [3.05, 3.63) is 65.2 Å². The summed E-state index contributed by atoms with van der Waals surface area (Å²) in [6.45, 7) is 14.9. The quantitative estimate of drug-likeness (QED) is 0.401. The zero-order chi connectivity index (χ0) is 29.1. The average molecular weight is 566 g/mol. The summed E-state index contributed by atoms with van der Waals surface area (Å²) in [6.07, 6.45) is 0.430. The van der Waals surface area contributed by atoms with Crippen LogP contribution in [0, 0.1) is 19.3 Å². The second-order valence-corrected chi connectivity index (χ2v) is 13.5. The van der Waals surface area contributed by atoms with E-state index in [2.05, 4.69) is 52.3 Å². The second-order valence-electron chi connectivity index (χ2n) is 11.8. The molecule has 0 radical (unpaired) electrons. The Kier molecular flexibility index (Phi) is 8.92. The number of aryl methyl sites for hydroxylation is 2. The van der Waals surface area contributed by atoms with Gasteiger partial charge < -0.3 is 9.64 Å². The molecule has 1 atom stereocenters. The van der Waals surface area contributed by atoms with Crippen molar-refractivity contribution in [3.8, 4) is 17.1 Å². The number of carbonyl (C=O) groups is 1. The van der Waals surface area contributed by atoms with Crippen molar-refractivity contribution in [1.29, 1.82) is 0 Å². The number of aldehydes is 1. The van der Waals surface area contributed by atoms with E-state index in [4.69, 9.17) is 4.74 Å². The Morgan fingerprint density at radius 2 is 1.73 bits per heavy atom. The van der Waals surface area contributed by atoms with Crippen molar-refractivity contribution < 1.29 is 17.9 Å². The lowest BCUT2D eigenvalue weighted by Gasteiger charge is -2.30. The van der Waals surface area contributed by atoms with Crippen LogP contribution < -0.4 is 9.46 Å². The van der Waals surface area contributed by atoms with Crippen LogP contribution in [0.3, 0.4) is 0 Å². The molecule has 1 N–H and O–H groups in total. The van der Waals surface area contributed by atoms with Gasteiger partial charge in [0, 0.05) is 49.9 Å². The molecule has 10 heteroatoms. The van der Waals surface area contributed by atoms with Gasteiger partial charge in [-0.1, -0.05) is 51.1 Å². The van der Waals surface area contributed by atoms with Gasteiger partial charge >= 0.3 is 0 Å². The van der Waals surface area contributed by atoms with E-state index in [1.54, 1.807) is 12.1 Å². The molecule has 1 fully saturated rings. The Hall–Kier alpha value is -3.34. The van der Waals surface area contributed by atoms with Gasteiger partial charge in [-0.15, -0.1) is 0 Å². The van der Waals surface area contributed by atoms with E-state index in [9.17, 15) is 13.2 Å². The fourth-order valence-corrected chi connectivity index (χ4v) is 6.06. The van der Waals surface area contributed by atoms with E-state index in [0.29, 0.717) is 24.4 Å². The number of sulfonamides is 1. The van der Waals surface area contributed by atoms with Gasteiger partial charge in [-0.2, -0.15) is 4.98 Å². The summed E-state index contributed by atoms with van der Waals surface area (Å²) in [5.74, 6) is 0.197. The number of anilines is 1. The smallest absolute Gasteiger partial charge is 0.264 e. The van der Waals surface area contributed by atoms with E-state index in [0.717, 1.165) is 42.9 Å². The maximum Gasteiger partial charge on any atom is 0.264 e. The molecule has 1 aliphatic rings. The van der Waals surface area contributed by atoms with Crippen LogP contribution in [0.4, 0.5) is 5.95 Å². The van der Waals surface area contributed by atoms with Gasteiger partial charge in [0.15, 0.2) is 0 Å². The normalized spacial score (nSPS) is 17.3. The Labute approximate surface area is 237 Å². The maximum absolute atomic E-state index is 13.3. The molecule has 1 aliphatic heterocycles. The molecule has 0 unspecified atom stereocenters. The number of rotatable bonds is 8. The summed E-state index contributed by atoms with van der Waals surface area (Å²) < 4.78 is 35.5. The first-order valence-electron chi connectivity index (χ1n) is 13.4. The number of carbonyl (C=O) groups excluding carboxylic acids is 1. The van der Waals surface area contributed by atoms with E-state index in [1.165, 1.54) is 18.2 Å². The van der Waals surface area contributed by atoms with Gasteiger partial charge in [-0.3, -0.25) is 9.69 Å². The first-order chi connectivity index (χ1) is 18.8. The summed E-state index contributed by atoms with van der Waals surface area (Å²) in [4.78, 5) is 24.9. The average Bonchev–Trinajstić information content (AvgIpc) is 3.02. The molecule has 2 heterocycles. The summed E-state index contributed by atoms with van der Waals surface area (Å²) in [7, 11) is -1.99. The van der Waals surface area contributed by atoms with Gasteiger partial charge in [0.1, 0.15) is 12.4 Å². The van der Waals surface area contributed by atoms with Crippen molar-refractivity contribution in [1.82, 2.24) is 19.8 Å². The van der Waals surface area contributed by atoms with Gasteiger partial charge in [0.2, 0.25) is 11.8 Å². The van der Waals surface area contributed by atoms with E-state index >= 15 is 0 Å². The summed E-state index contributed by atoms with van der Waals surface area (Å²) >= 11 is 0. The van der Waals surface area contributed by atoms with Crippen LogP contribution in [0.5, 0.6) is 5.88 Å². The minimum absolute atomic E-state index is 0.0520. The van der Waals surface area contributed by atoms with Crippen LogP contribution in [-0.2, 0) is 10.0 Å². The molecular weight excluding hydrogens is 526 g/mol. The van der Waals surface area contributed by atoms with Crippen molar-refractivity contribution in [2.45, 2.75) is 45.6 Å². The highest BCUT2D eigenvalue weighted by Crippen LogP contribution is 2.30. The molecule has 0 spiro atoms. The maximum atomic E-state index is 13.3.